The lowest BCUT2D eigenvalue weighted by Gasteiger charge is -1.79. The van der Waals surface area contributed by atoms with Crippen LogP contribution in [0.3, 0.4) is 0 Å². The van der Waals surface area contributed by atoms with Gasteiger partial charge >= 0.3 is 0 Å². The number of hydrogen-bond acceptors (Lipinski definition) is 1. The number of rotatable bonds is 2. The van der Waals surface area contributed by atoms with Crippen molar-refractivity contribution in [2.75, 3.05) is 6.61 Å². The molecule has 0 radical (unpaired) electrons. The summed E-state index contributed by atoms with van der Waals surface area (Å²) in [4.78, 5) is 5.61. The highest BCUT2D eigenvalue weighted by atomic mass is 79.9. The molecule has 3 nitrogen and oxygen atoms in total. The van der Waals surface area contributed by atoms with Crippen LogP contribution in [-0.2, 0) is 0 Å². The first kappa shape index (κ1) is 18.0. The minimum atomic E-state index is 0. The standard InChI is InChI=1S/C4H10O.C3H4N2.2BrH/c1-2-3-4-5;1-2-5-3-4-1;;/h5H,2-4H2,1H3;1-3H,(H,4,5);2*1H/p-1. The number of aliphatic hydroxyl groups excluding tert-OH is 1. The Labute approximate surface area is 94.1 Å². The predicted octanol–water partition coefficient (Wildman–Crippen LogP) is -5.38. The Morgan fingerprint density at radius 3 is 2.17 bits per heavy atom. The molecule has 5 heteroatoms. The topological polar surface area (TPSA) is 50.2 Å². The highest BCUT2D eigenvalue weighted by Crippen LogP contribution is 1.78. The Bertz CT molecular complexity index is 106. The van der Waals surface area contributed by atoms with E-state index in [2.05, 4.69) is 16.9 Å². The summed E-state index contributed by atoms with van der Waals surface area (Å²) < 4.78 is 0. The molecule has 0 aromatic carbocycles. The molecule has 0 saturated carbocycles. The van der Waals surface area contributed by atoms with Gasteiger partial charge in [0.05, 0.1) is 0 Å². The number of unbranched alkanes of at least 4 members (excludes halogenated alkanes) is 1. The molecule has 0 atom stereocenters. The summed E-state index contributed by atoms with van der Waals surface area (Å²) in [5, 5.41) is 8.07. The van der Waals surface area contributed by atoms with E-state index in [-0.39, 0.29) is 34.0 Å². The molecule has 0 aliphatic carbocycles. The van der Waals surface area contributed by atoms with Crippen LogP contribution in [0.1, 0.15) is 19.8 Å². The molecule has 74 valence electrons. The second-order valence-electron chi connectivity index (χ2n) is 1.89. The van der Waals surface area contributed by atoms with Crippen molar-refractivity contribution in [2.24, 2.45) is 0 Å². The van der Waals surface area contributed by atoms with Crippen LogP contribution in [-0.4, -0.2) is 16.7 Å². The first-order valence-electron chi connectivity index (χ1n) is 3.51. The molecule has 0 aliphatic rings. The van der Waals surface area contributed by atoms with Crippen LogP contribution in [0, 0.1) is 0 Å². The van der Waals surface area contributed by atoms with Gasteiger partial charge in [0.25, 0.3) is 0 Å². The molecule has 3 N–H and O–H groups in total. The van der Waals surface area contributed by atoms with E-state index in [1.54, 1.807) is 6.33 Å². The van der Waals surface area contributed by atoms with Gasteiger partial charge in [0.1, 0.15) is 12.4 Å². The molecule has 0 fully saturated rings. The van der Waals surface area contributed by atoms with Crippen molar-refractivity contribution >= 4 is 0 Å². The summed E-state index contributed by atoms with van der Waals surface area (Å²) in [6, 6.07) is 0. The number of aliphatic hydroxyl groups is 1. The molecule has 1 rings (SSSR count). The normalized spacial score (nSPS) is 6.83. The van der Waals surface area contributed by atoms with Gasteiger partial charge in [-0.15, -0.1) is 0 Å². The van der Waals surface area contributed by atoms with E-state index in [4.69, 9.17) is 5.11 Å². The van der Waals surface area contributed by atoms with Crippen LogP contribution in [0.4, 0.5) is 0 Å². The zero-order chi connectivity index (χ0) is 7.66. The third-order valence-electron chi connectivity index (χ3n) is 0.954. The van der Waals surface area contributed by atoms with E-state index in [1.165, 1.54) is 0 Å². The van der Waals surface area contributed by atoms with Crippen LogP contribution in [0.2, 0.25) is 0 Å². The lowest BCUT2D eigenvalue weighted by Crippen LogP contribution is -3.00. The van der Waals surface area contributed by atoms with Gasteiger partial charge in [-0.25, -0.2) is 0 Å². The fourth-order valence-electron chi connectivity index (χ4n) is 0.399. The van der Waals surface area contributed by atoms with E-state index in [1.807, 2.05) is 12.4 Å². The van der Waals surface area contributed by atoms with E-state index >= 15 is 0 Å². The lowest BCUT2D eigenvalue weighted by molar-refractivity contribution is -0.375. The zero-order valence-corrected chi connectivity index (χ0v) is 10.2. The summed E-state index contributed by atoms with van der Waals surface area (Å²) in [5.74, 6) is 0. The quantitative estimate of drug-likeness (QED) is 0.563. The predicted molar refractivity (Wildman–Crippen MR) is 39.3 cm³/mol. The van der Waals surface area contributed by atoms with Gasteiger partial charge in [0.15, 0.2) is 0 Å². The van der Waals surface area contributed by atoms with Gasteiger partial charge in [-0.2, -0.15) is 0 Å². The van der Waals surface area contributed by atoms with Crippen LogP contribution in [0.15, 0.2) is 18.7 Å². The lowest BCUT2D eigenvalue weighted by atomic mass is 10.4. The monoisotopic (exact) mass is 301 g/mol. The van der Waals surface area contributed by atoms with Gasteiger partial charge in [0, 0.05) is 6.61 Å². The van der Waals surface area contributed by atoms with Crippen LogP contribution < -0.4 is 38.9 Å². The fraction of sp³-hybridized carbons (Fsp3) is 0.571. The SMILES string of the molecule is CCCCO.[Br-].[Br-].c1c[nH+]c[nH]1. The summed E-state index contributed by atoms with van der Waals surface area (Å²) in [6.45, 7) is 2.40. The molecule has 0 aliphatic heterocycles. The van der Waals surface area contributed by atoms with Crippen molar-refractivity contribution in [3.8, 4) is 0 Å². The number of nitrogens with one attached hydrogen (secondary N) is 2. The van der Waals surface area contributed by atoms with Crippen molar-refractivity contribution in [1.29, 1.82) is 0 Å². The van der Waals surface area contributed by atoms with Crippen molar-refractivity contribution < 1.29 is 44.1 Å². The second kappa shape index (κ2) is 17.3. The summed E-state index contributed by atoms with van der Waals surface area (Å²) >= 11 is 0. The zero-order valence-electron chi connectivity index (χ0n) is 7.06. The Balaban J connectivity index is -0.000000116. The Hall–Kier alpha value is 0.130. The summed E-state index contributed by atoms with van der Waals surface area (Å²) in [6.07, 6.45) is 7.43. The van der Waals surface area contributed by atoms with Gasteiger partial charge < -0.3 is 39.1 Å². The Kier molecular flexibility index (Phi) is 26.0. The minimum Gasteiger partial charge on any atom is -1.00 e. The average molecular weight is 303 g/mol. The maximum Gasteiger partial charge on any atom is 0.239 e. The summed E-state index contributed by atoms with van der Waals surface area (Å²) in [7, 11) is 0. The Morgan fingerprint density at radius 2 is 2.08 bits per heavy atom. The van der Waals surface area contributed by atoms with E-state index < -0.39 is 0 Å². The van der Waals surface area contributed by atoms with Crippen molar-refractivity contribution in [3.05, 3.63) is 18.7 Å². The van der Waals surface area contributed by atoms with Crippen LogP contribution >= 0.6 is 0 Å². The molecule has 0 bridgehead atoms. The highest BCUT2D eigenvalue weighted by Gasteiger charge is 1.69. The van der Waals surface area contributed by atoms with Gasteiger partial charge in [-0.1, -0.05) is 13.3 Å². The Morgan fingerprint density at radius 1 is 1.42 bits per heavy atom. The number of aromatic nitrogens is 2. The first-order valence-corrected chi connectivity index (χ1v) is 3.51. The van der Waals surface area contributed by atoms with Crippen molar-refractivity contribution in [1.82, 2.24) is 4.98 Å². The van der Waals surface area contributed by atoms with Gasteiger partial charge in [0.2, 0.25) is 6.33 Å². The number of H-pyrrole nitrogens is 2. The molecule has 1 aromatic heterocycles. The van der Waals surface area contributed by atoms with E-state index in [0.29, 0.717) is 6.61 Å². The van der Waals surface area contributed by atoms with Gasteiger partial charge in [-0.3, -0.25) is 9.97 Å². The molecular weight excluding hydrogens is 288 g/mol. The van der Waals surface area contributed by atoms with Crippen molar-refractivity contribution in [3.63, 3.8) is 0 Å². The number of imidazole rings is 1. The maximum atomic E-state index is 8.07. The average Bonchev–Trinajstić information content (AvgIpc) is 2.44. The molecule has 1 heterocycles. The minimum absolute atomic E-state index is 0. The summed E-state index contributed by atoms with van der Waals surface area (Å²) in [5.41, 5.74) is 0. The molecule has 1 aromatic rings. The number of aromatic amines is 2. The molecule has 0 spiro atoms. The van der Waals surface area contributed by atoms with E-state index in [0.717, 1.165) is 12.8 Å². The van der Waals surface area contributed by atoms with E-state index in [9.17, 15) is 0 Å². The largest absolute Gasteiger partial charge is 1.00 e. The smallest absolute Gasteiger partial charge is 0.239 e. The first-order chi connectivity index (χ1) is 4.91. The van der Waals surface area contributed by atoms with Crippen LogP contribution in [0.5, 0.6) is 0 Å². The third kappa shape index (κ3) is 16.6. The number of halogens is 2. The highest BCUT2D eigenvalue weighted by molar-refractivity contribution is 4.52. The van der Waals surface area contributed by atoms with Crippen molar-refractivity contribution in [2.45, 2.75) is 19.8 Å². The molecule has 0 saturated heterocycles. The fourth-order valence-corrected chi connectivity index (χ4v) is 0.399. The molecule has 0 unspecified atom stereocenters. The number of hydrogen-bond donors (Lipinski definition) is 2. The molecule has 12 heavy (non-hydrogen) atoms. The molecular formula is C7H15Br2N2O-. The molecule has 0 amide bonds. The third-order valence-corrected chi connectivity index (χ3v) is 0.954. The maximum absolute atomic E-state index is 8.07. The van der Waals surface area contributed by atoms with Crippen LogP contribution in [0.25, 0.3) is 0 Å². The second-order valence-corrected chi connectivity index (χ2v) is 1.89. The van der Waals surface area contributed by atoms with Gasteiger partial charge in [-0.05, 0) is 6.42 Å².